The van der Waals surface area contributed by atoms with Gasteiger partial charge in [-0.05, 0) is 48.7 Å². The molecule has 3 atom stereocenters. The third-order valence-corrected chi connectivity index (χ3v) is 6.23. The maximum atomic E-state index is 12.6. The molecular formula is C24H29N5O4. The first-order chi connectivity index (χ1) is 16.0. The molecule has 0 radical (unpaired) electrons. The first-order valence-corrected chi connectivity index (χ1v) is 11.2. The molecule has 174 valence electrons. The zero-order valence-corrected chi connectivity index (χ0v) is 18.6. The van der Waals surface area contributed by atoms with Gasteiger partial charge in [-0.3, -0.25) is 24.3 Å². The molecule has 0 saturated carbocycles. The summed E-state index contributed by atoms with van der Waals surface area (Å²) in [5, 5.41) is 8.92. The van der Waals surface area contributed by atoms with Gasteiger partial charge in [0.1, 0.15) is 5.75 Å². The fourth-order valence-electron chi connectivity index (χ4n) is 4.45. The molecule has 2 fully saturated rings. The second kappa shape index (κ2) is 10.4. The fourth-order valence-corrected chi connectivity index (χ4v) is 4.45. The highest BCUT2D eigenvalue weighted by molar-refractivity contribution is 5.94. The van der Waals surface area contributed by atoms with Gasteiger partial charge >= 0.3 is 0 Å². The molecule has 3 heterocycles. The molecule has 2 saturated heterocycles. The van der Waals surface area contributed by atoms with Crippen LogP contribution in [0.3, 0.4) is 0 Å². The van der Waals surface area contributed by atoms with Crippen LogP contribution in [0.4, 0.5) is 0 Å². The Hall–Kier alpha value is -3.46. The summed E-state index contributed by atoms with van der Waals surface area (Å²) in [6.07, 6.45) is 4.98. The second-order valence-corrected chi connectivity index (χ2v) is 8.42. The Morgan fingerprint density at radius 2 is 2.06 bits per heavy atom. The Morgan fingerprint density at radius 1 is 1.24 bits per heavy atom. The zero-order valence-electron chi connectivity index (χ0n) is 18.6. The average molecular weight is 452 g/mol. The number of nitrogens with zero attached hydrogens (tertiary/aromatic N) is 2. The number of ether oxygens (including phenoxy) is 1. The smallest absolute Gasteiger partial charge is 0.251 e. The maximum Gasteiger partial charge on any atom is 0.251 e. The van der Waals surface area contributed by atoms with Crippen LogP contribution in [0.5, 0.6) is 5.75 Å². The molecule has 0 aliphatic carbocycles. The Kier molecular flexibility index (Phi) is 7.19. The number of methoxy groups -OCH3 is 1. The summed E-state index contributed by atoms with van der Waals surface area (Å²) in [6.45, 7) is 1.53. The zero-order chi connectivity index (χ0) is 23.2. The molecule has 0 bridgehead atoms. The highest BCUT2D eigenvalue weighted by Crippen LogP contribution is 2.26. The van der Waals surface area contributed by atoms with Crippen LogP contribution in [0, 0.1) is 0 Å². The molecular weight excluding hydrogens is 422 g/mol. The predicted octanol–water partition coefficient (Wildman–Crippen LogP) is 0.858. The van der Waals surface area contributed by atoms with Gasteiger partial charge in [0.25, 0.3) is 5.91 Å². The lowest BCUT2D eigenvalue weighted by atomic mass is 10.0. The molecule has 1 aromatic heterocycles. The van der Waals surface area contributed by atoms with Crippen molar-refractivity contribution in [1.82, 2.24) is 25.8 Å². The quantitative estimate of drug-likeness (QED) is 0.549. The topological polar surface area (TPSA) is 113 Å². The van der Waals surface area contributed by atoms with E-state index in [1.54, 1.807) is 43.8 Å². The summed E-state index contributed by atoms with van der Waals surface area (Å²) in [4.78, 5) is 43.6. The van der Waals surface area contributed by atoms with Crippen molar-refractivity contribution in [3.8, 4) is 5.75 Å². The Morgan fingerprint density at radius 3 is 2.79 bits per heavy atom. The van der Waals surface area contributed by atoms with Crippen LogP contribution < -0.4 is 20.7 Å². The highest BCUT2D eigenvalue weighted by Gasteiger charge is 2.43. The van der Waals surface area contributed by atoms with Gasteiger partial charge in [0.2, 0.25) is 11.8 Å². The molecule has 2 aromatic rings. The lowest BCUT2D eigenvalue weighted by Crippen LogP contribution is -2.58. The minimum Gasteiger partial charge on any atom is -0.497 e. The van der Waals surface area contributed by atoms with Gasteiger partial charge in [0.15, 0.2) is 0 Å². The van der Waals surface area contributed by atoms with Gasteiger partial charge in [0, 0.05) is 56.1 Å². The number of hydrogen-bond donors (Lipinski definition) is 3. The largest absolute Gasteiger partial charge is 0.497 e. The van der Waals surface area contributed by atoms with E-state index in [0.717, 1.165) is 5.56 Å². The second-order valence-electron chi connectivity index (χ2n) is 8.42. The standard InChI is InChI=1S/C24H29N5O4/c1-33-20-7-4-17(5-8-20)23(31)28-18-11-21-24(32)27-14-19(29(21)15-18)6-9-22(30)26-13-16-3-2-10-25-12-16/h2-5,7-8,10,12,18-19,21H,6,9,11,13-15H2,1H3,(H,26,30)(H,27,32)(H,28,31)/t18-,19-,21+/m1/s1. The number of fused-ring (bicyclic) bond motifs is 1. The number of aromatic nitrogens is 1. The predicted molar refractivity (Wildman–Crippen MR) is 121 cm³/mol. The minimum absolute atomic E-state index is 0.0199. The summed E-state index contributed by atoms with van der Waals surface area (Å²) in [5.74, 6) is 0.465. The number of carbonyl (C=O) groups is 3. The number of nitrogens with one attached hydrogen (secondary N) is 3. The minimum atomic E-state index is -0.289. The van der Waals surface area contributed by atoms with Crippen molar-refractivity contribution in [2.75, 3.05) is 20.2 Å². The number of benzene rings is 1. The SMILES string of the molecule is COc1ccc(C(=O)N[C@@H]2C[C@H]3C(=O)NC[C@@H](CCC(=O)NCc4cccnc4)N3C2)cc1. The van der Waals surface area contributed by atoms with E-state index in [2.05, 4.69) is 25.8 Å². The van der Waals surface area contributed by atoms with E-state index in [1.807, 2.05) is 12.1 Å². The Balaban J connectivity index is 1.29. The van der Waals surface area contributed by atoms with Crippen LogP contribution >= 0.6 is 0 Å². The number of carbonyl (C=O) groups excluding carboxylic acids is 3. The van der Waals surface area contributed by atoms with Crippen LogP contribution in [0.15, 0.2) is 48.8 Å². The van der Waals surface area contributed by atoms with Crippen molar-refractivity contribution in [2.24, 2.45) is 0 Å². The Bertz CT molecular complexity index is 982. The fraction of sp³-hybridized carbons (Fsp3) is 0.417. The number of pyridine rings is 1. The summed E-state index contributed by atoms with van der Waals surface area (Å²) in [6, 6.07) is 10.3. The van der Waals surface area contributed by atoms with E-state index in [0.29, 0.717) is 50.2 Å². The average Bonchev–Trinajstić information content (AvgIpc) is 3.27. The van der Waals surface area contributed by atoms with Crippen molar-refractivity contribution >= 4 is 17.7 Å². The van der Waals surface area contributed by atoms with Gasteiger partial charge < -0.3 is 20.7 Å². The van der Waals surface area contributed by atoms with Crippen molar-refractivity contribution in [2.45, 2.75) is 43.9 Å². The summed E-state index contributed by atoms with van der Waals surface area (Å²) >= 11 is 0. The van der Waals surface area contributed by atoms with Gasteiger partial charge in [0.05, 0.1) is 13.2 Å². The van der Waals surface area contributed by atoms with Crippen LogP contribution in [-0.4, -0.2) is 65.9 Å². The van der Waals surface area contributed by atoms with E-state index in [1.165, 1.54) is 0 Å². The molecule has 2 aliphatic rings. The van der Waals surface area contributed by atoms with Crippen molar-refractivity contribution in [1.29, 1.82) is 0 Å². The van der Waals surface area contributed by atoms with Gasteiger partial charge in [-0.2, -0.15) is 0 Å². The lowest BCUT2D eigenvalue weighted by molar-refractivity contribution is -0.129. The highest BCUT2D eigenvalue weighted by atomic mass is 16.5. The lowest BCUT2D eigenvalue weighted by Gasteiger charge is -2.37. The summed E-state index contributed by atoms with van der Waals surface area (Å²) in [7, 11) is 1.58. The van der Waals surface area contributed by atoms with E-state index < -0.39 is 0 Å². The number of hydrogen-bond acceptors (Lipinski definition) is 6. The van der Waals surface area contributed by atoms with E-state index in [9.17, 15) is 14.4 Å². The molecule has 2 aliphatic heterocycles. The molecule has 33 heavy (non-hydrogen) atoms. The van der Waals surface area contributed by atoms with Crippen molar-refractivity contribution in [3.63, 3.8) is 0 Å². The molecule has 4 rings (SSSR count). The molecule has 9 nitrogen and oxygen atoms in total. The van der Waals surface area contributed by atoms with Crippen molar-refractivity contribution in [3.05, 3.63) is 59.9 Å². The van der Waals surface area contributed by atoms with E-state index >= 15 is 0 Å². The molecule has 3 amide bonds. The molecule has 3 N–H and O–H groups in total. The molecule has 1 aromatic carbocycles. The van der Waals surface area contributed by atoms with Gasteiger partial charge in [-0.25, -0.2) is 0 Å². The third-order valence-electron chi connectivity index (χ3n) is 6.23. The van der Waals surface area contributed by atoms with Crippen LogP contribution in [0.1, 0.15) is 35.2 Å². The van der Waals surface area contributed by atoms with Crippen LogP contribution in [0.2, 0.25) is 0 Å². The van der Waals surface area contributed by atoms with E-state index in [-0.39, 0.29) is 35.8 Å². The van der Waals surface area contributed by atoms with E-state index in [4.69, 9.17) is 4.74 Å². The third kappa shape index (κ3) is 5.67. The van der Waals surface area contributed by atoms with Gasteiger partial charge in [-0.1, -0.05) is 6.07 Å². The monoisotopic (exact) mass is 451 g/mol. The maximum absolute atomic E-state index is 12.6. The Labute approximate surface area is 192 Å². The van der Waals surface area contributed by atoms with Gasteiger partial charge in [-0.15, -0.1) is 0 Å². The molecule has 0 unspecified atom stereocenters. The van der Waals surface area contributed by atoms with Crippen LogP contribution in [0.25, 0.3) is 0 Å². The molecule has 0 spiro atoms. The molecule has 9 heteroatoms. The summed E-state index contributed by atoms with van der Waals surface area (Å²) in [5.41, 5.74) is 1.50. The first kappa shape index (κ1) is 22.7. The number of piperazine rings is 1. The van der Waals surface area contributed by atoms with Crippen molar-refractivity contribution < 1.29 is 19.1 Å². The number of rotatable bonds is 8. The summed E-state index contributed by atoms with van der Waals surface area (Å²) < 4.78 is 5.13. The first-order valence-electron chi connectivity index (χ1n) is 11.2. The number of amides is 3. The van der Waals surface area contributed by atoms with Crippen LogP contribution in [-0.2, 0) is 16.1 Å². The normalized spacial score (nSPS) is 22.2.